The smallest absolute Gasteiger partial charge is 0.255 e. The molecule has 1 heterocycles. The molecule has 0 aliphatic rings. The third-order valence-electron chi connectivity index (χ3n) is 3.59. The van der Waals surface area contributed by atoms with E-state index in [1.165, 1.54) is 0 Å². The predicted octanol–water partition coefficient (Wildman–Crippen LogP) is 3.89. The second-order valence-electron chi connectivity index (χ2n) is 5.16. The van der Waals surface area contributed by atoms with E-state index in [1.807, 2.05) is 25.1 Å². The van der Waals surface area contributed by atoms with E-state index in [9.17, 15) is 4.79 Å². The first-order valence-corrected chi connectivity index (χ1v) is 7.68. The second kappa shape index (κ2) is 7.00. The Morgan fingerprint density at radius 2 is 1.92 bits per heavy atom. The van der Waals surface area contributed by atoms with Crippen molar-refractivity contribution in [2.45, 2.75) is 6.92 Å². The molecule has 5 heteroatoms. The van der Waals surface area contributed by atoms with Crippen LogP contribution in [0.2, 0.25) is 0 Å². The Balaban J connectivity index is 1.89. The molecule has 1 aromatic heterocycles. The van der Waals surface area contributed by atoms with Crippen molar-refractivity contribution in [2.75, 3.05) is 19.0 Å². The fourth-order valence-corrected chi connectivity index (χ4v) is 2.44. The van der Waals surface area contributed by atoms with Crippen molar-refractivity contribution in [3.05, 3.63) is 60.3 Å². The van der Waals surface area contributed by atoms with E-state index in [-0.39, 0.29) is 5.91 Å². The number of methoxy groups -OCH3 is 1. The highest BCUT2D eigenvalue weighted by atomic mass is 16.5. The fourth-order valence-electron chi connectivity index (χ4n) is 2.44. The first-order valence-electron chi connectivity index (χ1n) is 7.68. The molecule has 1 amide bonds. The Morgan fingerprint density at radius 1 is 1.12 bits per heavy atom. The van der Waals surface area contributed by atoms with Gasteiger partial charge in [0.25, 0.3) is 5.91 Å². The average molecular weight is 322 g/mol. The lowest BCUT2D eigenvalue weighted by Gasteiger charge is -2.11. The molecule has 0 unspecified atom stereocenters. The van der Waals surface area contributed by atoms with Crippen LogP contribution in [0.4, 0.5) is 5.69 Å². The number of carbonyl (C=O) groups is 1. The number of benzene rings is 2. The lowest BCUT2D eigenvalue weighted by molar-refractivity contribution is 0.102. The van der Waals surface area contributed by atoms with Crippen LogP contribution in [0.3, 0.4) is 0 Å². The molecule has 0 aliphatic heterocycles. The van der Waals surface area contributed by atoms with Gasteiger partial charge in [0, 0.05) is 23.2 Å². The van der Waals surface area contributed by atoms with E-state index < -0.39 is 0 Å². The molecule has 0 radical (unpaired) electrons. The molecule has 2 aromatic carbocycles. The van der Waals surface area contributed by atoms with Crippen LogP contribution in [-0.2, 0) is 0 Å². The van der Waals surface area contributed by atoms with Crippen LogP contribution < -0.4 is 14.8 Å². The number of hydrogen-bond acceptors (Lipinski definition) is 4. The van der Waals surface area contributed by atoms with Gasteiger partial charge in [-0.1, -0.05) is 6.07 Å². The van der Waals surface area contributed by atoms with Crippen LogP contribution in [0.1, 0.15) is 17.3 Å². The normalized spacial score (nSPS) is 10.4. The van der Waals surface area contributed by atoms with Gasteiger partial charge in [-0.25, -0.2) is 0 Å². The SMILES string of the molecule is CCOc1ccc(C(=O)Nc2cc(OC)cc3cccnc23)cc1. The minimum absolute atomic E-state index is 0.210. The quantitative estimate of drug-likeness (QED) is 0.774. The number of hydrogen-bond donors (Lipinski definition) is 1. The minimum Gasteiger partial charge on any atom is -0.497 e. The van der Waals surface area contributed by atoms with Crippen molar-refractivity contribution < 1.29 is 14.3 Å². The molecule has 0 fully saturated rings. The summed E-state index contributed by atoms with van der Waals surface area (Å²) in [6.07, 6.45) is 1.70. The first-order chi connectivity index (χ1) is 11.7. The molecule has 0 bridgehead atoms. The molecule has 24 heavy (non-hydrogen) atoms. The summed E-state index contributed by atoms with van der Waals surface area (Å²) in [5, 5.41) is 3.81. The number of pyridine rings is 1. The maximum atomic E-state index is 12.5. The van der Waals surface area contributed by atoms with Crippen LogP contribution in [-0.4, -0.2) is 24.6 Å². The van der Waals surface area contributed by atoms with Crippen molar-refractivity contribution in [1.82, 2.24) is 4.98 Å². The number of anilines is 1. The molecule has 5 nitrogen and oxygen atoms in total. The van der Waals surface area contributed by atoms with Gasteiger partial charge in [-0.15, -0.1) is 0 Å². The third kappa shape index (κ3) is 3.30. The maximum absolute atomic E-state index is 12.5. The molecular weight excluding hydrogens is 304 g/mol. The molecule has 122 valence electrons. The zero-order chi connectivity index (χ0) is 16.9. The van der Waals surface area contributed by atoms with E-state index in [0.717, 1.165) is 16.7 Å². The number of fused-ring (bicyclic) bond motifs is 1. The Kier molecular flexibility index (Phi) is 4.61. The minimum atomic E-state index is -0.210. The zero-order valence-electron chi connectivity index (χ0n) is 13.6. The van der Waals surface area contributed by atoms with E-state index in [4.69, 9.17) is 9.47 Å². The van der Waals surface area contributed by atoms with Gasteiger partial charge in [-0.3, -0.25) is 9.78 Å². The summed E-state index contributed by atoms with van der Waals surface area (Å²) in [4.78, 5) is 16.9. The van der Waals surface area contributed by atoms with Gasteiger partial charge < -0.3 is 14.8 Å². The van der Waals surface area contributed by atoms with Crippen molar-refractivity contribution in [3.8, 4) is 11.5 Å². The Bertz CT molecular complexity index is 860. The van der Waals surface area contributed by atoms with Gasteiger partial charge in [-0.2, -0.15) is 0 Å². The highest BCUT2D eigenvalue weighted by Gasteiger charge is 2.11. The monoisotopic (exact) mass is 322 g/mol. The third-order valence-corrected chi connectivity index (χ3v) is 3.59. The van der Waals surface area contributed by atoms with Crippen LogP contribution in [0.15, 0.2) is 54.7 Å². The van der Waals surface area contributed by atoms with Crippen molar-refractivity contribution >= 4 is 22.5 Å². The summed E-state index contributed by atoms with van der Waals surface area (Å²) >= 11 is 0. The standard InChI is InChI=1S/C19H18N2O3/c1-3-24-15-8-6-13(7-9-15)19(22)21-17-12-16(23-2)11-14-5-4-10-20-18(14)17/h4-12H,3H2,1-2H3,(H,21,22). The lowest BCUT2D eigenvalue weighted by atomic mass is 10.1. The summed E-state index contributed by atoms with van der Waals surface area (Å²) in [5.74, 6) is 1.19. The molecule has 3 rings (SSSR count). The van der Waals surface area contributed by atoms with Crippen LogP contribution >= 0.6 is 0 Å². The number of aromatic nitrogens is 1. The number of nitrogens with one attached hydrogen (secondary N) is 1. The van der Waals surface area contributed by atoms with Gasteiger partial charge in [0.2, 0.25) is 0 Å². The second-order valence-corrected chi connectivity index (χ2v) is 5.16. The molecule has 0 atom stereocenters. The number of ether oxygens (including phenoxy) is 2. The van der Waals surface area contributed by atoms with Gasteiger partial charge in [0.1, 0.15) is 11.5 Å². The Morgan fingerprint density at radius 3 is 2.62 bits per heavy atom. The predicted molar refractivity (Wildman–Crippen MR) is 93.9 cm³/mol. The molecule has 3 aromatic rings. The van der Waals surface area contributed by atoms with E-state index in [1.54, 1.807) is 43.6 Å². The Hall–Kier alpha value is -3.08. The van der Waals surface area contributed by atoms with Crippen LogP contribution in [0.5, 0.6) is 11.5 Å². The highest BCUT2D eigenvalue weighted by molar-refractivity contribution is 6.08. The molecule has 0 saturated carbocycles. The van der Waals surface area contributed by atoms with Gasteiger partial charge in [0.05, 0.1) is 24.9 Å². The summed E-state index contributed by atoms with van der Waals surface area (Å²) in [6.45, 7) is 2.51. The molecule has 1 N–H and O–H groups in total. The van der Waals surface area contributed by atoms with E-state index in [0.29, 0.717) is 23.6 Å². The van der Waals surface area contributed by atoms with Crippen molar-refractivity contribution in [2.24, 2.45) is 0 Å². The van der Waals surface area contributed by atoms with Gasteiger partial charge >= 0.3 is 0 Å². The van der Waals surface area contributed by atoms with Crippen LogP contribution in [0, 0.1) is 0 Å². The summed E-state index contributed by atoms with van der Waals surface area (Å²) in [6, 6.07) is 14.4. The van der Waals surface area contributed by atoms with E-state index >= 15 is 0 Å². The average Bonchev–Trinajstić information content (AvgIpc) is 2.62. The van der Waals surface area contributed by atoms with Gasteiger partial charge in [-0.05, 0) is 43.3 Å². The number of rotatable bonds is 5. The van der Waals surface area contributed by atoms with Crippen LogP contribution in [0.25, 0.3) is 10.9 Å². The fraction of sp³-hybridized carbons (Fsp3) is 0.158. The van der Waals surface area contributed by atoms with Crippen molar-refractivity contribution in [3.63, 3.8) is 0 Å². The molecule has 0 spiro atoms. The molecule has 0 aliphatic carbocycles. The highest BCUT2D eigenvalue weighted by Crippen LogP contribution is 2.28. The summed E-state index contributed by atoms with van der Waals surface area (Å²) in [5.41, 5.74) is 1.88. The molecule has 0 saturated heterocycles. The zero-order valence-corrected chi connectivity index (χ0v) is 13.6. The van der Waals surface area contributed by atoms with E-state index in [2.05, 4.69) is 10.3 Å². The van der Waals surface area contributed by atoms with Gasteiger partial charge in [0.15, 0.2) is 0 Å². The number of amides is 1. The van der Waals surface area contributed by atoms with Crippen molar-refractivity contribution in [1.29, 1.82) is 0 Å². The topological polar surface area (TPSA) is 60.5 Å². The summed E-state index contributed by atoms with van der Waals surface area (Å²) in [7, 11) is 1.59. The lowest BCUT2D eigenvalue weighted by Crippen LogP contribution is -2.12. The Labute approximate surface area is 140 Å². The first kappa shape index (κ1) is 15.8. The number of nitrogens with zero attached hydrogens (tertiary/aromatic N) is 1. The molecular formula is C19H18N2O3. The summed E-state index contributed by atoms with van der Waals surface area (Å²) < 4.78 is 10.7. The largest absolute Gasteiger partial charge is 0.497 e. The number of carbonyl (C=O) groups excluding carboxylic acids is 1. The maximum Gasteiger partial charge on any atom is 0.255 e.